The number of nitrogen functional groups attached to an aromatic ring is 1. The number of rotatable bonds is 4. The second kappa shape index (κ2) is 5.15. The minimum atomic E-state index is -0.340. The Bertz CT molecular complexity index is 658. The van der Waals surface area contributed by atoms with Gasteiger partial charge in [0.2, 0.25) is 5.91 Å². The Kier molecular flexibility index (Phi) is 3.45. The summed E-state index contributed by atoms with van der Waals surface area (Å²) in [7, 11) is 1.86. The predicted octanol–water partition coefficient (Wildman–Crippen LogP) is 2.72. The summed E-state index contributed by atoms with van der Waals surface area (Å²) in [6, 6.07) is 7.68. The summed E-state index contributed by atoms with van der Waals surface area (Å²) in [6.07, 6.45) is 1.83. The van der Waals surface area contributed by atoms with Crippen LogP contribution in [0.15, 0.2) is 29.6 Å². The van der Waals surface area contributed by atoms with Crippen LogP contribution < -0.4 is 5.73 Å². The van der Waals surface area contributed by atoms with Crippen LogP contribution in [0, 0.1) is 6.92 Å². The lowest BCUT2D eigenvalue weighted by Crippen LogP contribution is -2.36. The van der Waals surface area contributed by atoms with E-state index in [4.69, 9.17) is 5.73 Å². The molecule has 1 amide bonds. The van der Waals surface area contributed by atoms with Crippen molar-refractivity contribution >= 4 is 22.9 Å². The molecule has 1 aromatic heterocycles. The molecule has 0 radical (unpaired) electrons. The fourth-order valence-electron chi connectivity index (χ4n) is 2.71. The average molecular weight is 301 g/mol. The molecule has 2 aromatic rings. The van der Waals surface area contributed by atoms with E-state index in [1.54, 1.807) is 16.2 Å². The summed E-state index contributed by atoms with van der Waals surface area (Å²) in [5.74, 6) is 0.179. The van der Waals surface area contributed by atoms with Crippen molar-refractivity contribution in [3.05, 3.63) is 45.9 Å². The van der Waals surface area contributed by atoms with Crippen molar-refractivity contribution in [2.75, 3.05) is 12.8 Å². The molecule has 1 saturated carbocycles. The van der Waals surface area contributed by atoms with E-state index in [0.29, 0.717) is 6.54 Å². The smallest absolute Gasteiger partial charge is 0.233 e. The maximum absolute atomic E-state index is 12.8. The van der Waals surface area contributed by atoms with Gasteiger partial charge >= 0.3 is 0 Å². The molecule has 2 N–H and O–H groups in total. The fourth-order valence-corrected chi connectivity index (χ4v) is 3.32. The molecule has 0 aliphatic heterocycles. The lowest BCUT2D eigenvalue weighted by molar-refractivity contribution is -0.133. The van der Waals surface area contributed by atoms with E-state index in [1.165, 1.54) is 0 Å². The second-order valence-electron chi connectivity index (χ2n) is 5.72. The number of likely N-dealkylation sites (N-methyl/N-ethyl adjacent to an activating group) is 1. The maximum atomic E-state index is 12.8. The molecule has 0 bridgehead atoms. The van der Waals surface area contributed by atoms with E-state index >= 15 is 0 Å². The molecule has 110 valence electrons. The minimum Gasteiger partial charge on any atom is -0.399 e. The molecule has 0 spiro atoms. The van der Waals surface area contributed by atoms with Crippen LogP contribution in [0.4, 0.5) is 5.69 Å². The summed E-state index contributed by atoms with van der Waals surface area (Å²) >= 11 is 1.62. The third-order valence-electron chi connectivity index (χ3n) is 4.04. The van der Waals surface area contributed by atoms with Crippen LogP contribution in [0.5, 0.6) is 0 Å². The number of aromatic nitrogens is 1. The van der Waals surface area contributed by atoms with Crippen LogP contribution in [0.25, 0.3) is 0 Å². The van der Waals surface area contributed by atoms with Crippen molar-refractivity contribution < 1.29 is 4.79 Å². The first-order valence-electron chi connectivity index (χ1n) is 7.04. The van der Waals surface area contributed by atoms with Crippen LogP contribution in [-0.4, -0.2) is 22.8 Å². The number of nitrogens with zero attached hydrogens (tertiary/aromatic N) is 2. The monoisotopic (exact) mass is 301 g/mol. The van der Waals surface area contributed by atoms with Gasteiger partial charge in [-0.05, 0) is 37.5 Å². The number of amides is 1. The van der Waals surface area contributed by atoms with Gasteiger partial charge in [-0.1, -0.05) is 12.1 Å². The highest BCUT2D eigenvalue weighted by atomic mass is 32.1. The van der Waals surface area contributed by atoms with Crippen molar-refractivity contribution in [3.8, 4) is 0 Å². The quantitative estimate of drug-likeness (QED) is 0.883. The van der Waals surface area contributed by atoms with Gasteiger partial charge in [-0.2, -0.15) is 0 Å². The molecule has 0 atom stereocenters. The summed E-state index contributed by atoms with van der Waals surface area (Å²) in [6.45, 7) is 2.55. The molecule has 1 aromatic carbocycles. The highest BCUT2D eigenvalue weighted by Gasteiger charge is 2.52. The first-order valence-corrected chi connectivity index (χ1v) is 7.92. The zero-order chi connectivity index (χ0) is 15.0. The lowest BCUT2D eigenvalue weighted by atomic mass is 9.94. The van der Waals surface area contributed by atoms with Gasteiger partial charge in [-0.3, -0.25) is 4.79 Å². The van der Waals surface area contributed by atoms with Gasteiger partial charge in [0.05, 0.1) is 22.7 Å². The number of hydrogen-bond donors (Lipinski definition) is 1. The van der Waals surface area contributed by atoms with E-state index in [0.717, 1.165) is 34.8 Å². The Morgan fingerprint density at radius 2 is 2.05 bits per heavy atom. The molecule has 21 heavy (non-hydrogen) atoms. The second-order valence-corrected chi connectivity index (χ2v) is 6.79. The van der Waals surface area contributed by atoms with E-state index < -0.39 is 0 Å². The molecule has 5 heteroatoms. The fraction of sp³-hybridized carbons (Fsp3) is 0.375. The zero-order valence-electron chi connectivity index (χ0n) is 12.3. The standard InChI is InChI=1S/C16H19N3OS/c1-11-18-14(10-21-11)9-19(2)15(20)16(7-8-16)12-3-5-13(17)6-4-12/h3-6,10H,7-9,17H2,1-2H3. The molecular formula is C16H19N3OS. The Balaban J connectivity index is 1.76. The summed E-state index contributed by atoms with van der Waals surface area (Å²) in [5.41, 5.74) is 8.15. The normalized spacial score (nSPS) is 15.7. The average Bonchev–Trinajstić information content (AvgIpc) is 3.17. The molecule has 1 heterocycles. The Labute approximate surface area is 128 Å². The van der Waals surface area contributed by atoms with Gasteiger partial charge in [0, 0.05) is 18.1 Å². The third kappa shape index (κ3) is 2.65. The number of carbonyl (C=O) groups excluding carboxylic acids is 1. The summed E-state index contributed by atoms with van der Waals surface area (Å²) < 4.78 is 0. The Morgan fingerprint density at radius 1 is 1.38 bits per heavy atom. The highest BCUT2D eigenvalue weighted by Crippen LogP contribution is 2.49. The maximum Gasteiger partial charge on any atom is 0.233 e. The van der Waals surface area contributed by atoms with Crippen LogP contribution in [0.2, 0.25) is 0 Å². The van der Waals surface area contributed by atoms with Gasteiger partial charge in [0.1, 0.15) is 0 Å². The van der Waals surface area contributed by atoms with Crippen LogP contribution in [-0.2, 0) is 16.8 Å². The van der Waals surface area contributed by atoms with Crippen LogP contribution >= 0.6 is 11.3 Å². The minimum absolute atomic E-state index is 0.179. The van der Waals surface area contributed by atoms with Crippen molar-refractivity contribution in [2.24, 2.45) is 0 Å². The molecule has 3 rings (SSSR count). The molecule has 0 saturated heterocycles. The van der Waals surface area contributed by atoms with Gasteiger partial charge in [-0.15, -0.1) is 11.3 Å². The topological polar surface area (TPSA) is 59.2 Å². The van der Waals surface area contributed by atoms with E-state index in [2.05, 4.69) is 4.98 Å². The van der Waals surface area contributed by atoms with Crippen molar-refractivity contribution in [3.63, 3.8) is 0 Å². The van der Waals surface area contributed by atoms with Crippen LogP contribution in [0.3, 0.4) is 0 Å². The number of anilines is 1. The Morgan fingerprint density at radius 3 is 2.57 bits per heavy atom. The first-order chi connectivity index (χ1) is 10.0. The van der Waals surface area contributed by atoms with Gasteiger partial charge in [0.25, 0.3) is 0 Å². The number of carbonyl (C=O) groups is 1. The number of benzene rings is 1. The van der Waals surface area contributed by atoms with E-state index in [-0.39, 0.29) is 11.3 Å². The lowest BCUT2D eigenvalue weighted by Gasteiger charge is -2.23. The third-order valence-corrected chi connectivity index (χ3v) is 4.86. The number of aryl methyl sites for hydroxylation is 1. The van der Waals surface area contributed by atoms with E-state index in [9.17, 15) is 4.79 Å². The molecule has 1 aliphatic rings. The van der Waals surface area contributed by atoms with Crippen molar-refractivity contribution in [2.45, 2.75) is 31.7 Å². The van der Waals surface area contributed by atoms with Gasteiger partial charge < -0.3 is 10.6 Å². The van der Waals surface area contributed by atoms with Crippen molar-refractivity contribution in [1.29, 1.82) is 0 Å². The Hall–Kier alpha value is -1.88. The molecule has 1 fully saturated rings. The zero-order valence-corrected chi connectivity index (χ0v) is 13.1. The molecule has 0 unspecified atom stereocenters. The molecule has 1 aliphatic carbocycles. The van der Waals surface area contributed by atoms with Gasteiger partial charge in [-0.25, -0.2) is 4.98 Å². The van der Waals surface area contributed by atoms with Gasteiger partial charge in [0.15, 0.2) is 0 Å². The van der Waals surface area contributed by atoms with Crippen molar-refractivity contribution in [1.82, 2.24) is 9.88 Å². The summed E-state index contributed by atoms with van der Waals surface area (Å²) in [5, 5.41) is 3.05. The molecular weight excluding hydrogens is 282 g/mol. The van der Waals surface area contributed by atoms with Crippen LogP contribution in [0.1, 0.15) is 29.1 Å². The summed E-state index contributed by atoms with van der Waals surface area (Å²) in [4.78, 5) is 19.0. The SMILES string of the molecule is Cc1nc(CN(C)C(=O)C2(c3ccc(N)cc3)CC2)cs1. The first kappa shape index (κ1) is 14.1. The largest absolute Gasteiger partial charge is 0.399 e. The molecule has 4 nitrogen and oxygen atoms in total. The number of nitrogens with two attached hydrogens (primary N) is 1. The van der Waals surface area contributed by atoms with E-state index in [1.807, 2.05) is 43.6 Å². The highest BCUT2D eigenvalue weighted by molar-refractivity contribution is 7.09. The predicted molar refractivity (Wildman–Crippen MR) is 85.1 cm³/mol. The number of hydrogen-bond acceptors (Lipinski definition) is 4. The number of thiazole rings is 1.